The van der Waals surface area contributed by atoms with E-state index in [0.29, 0.717) is 6.10 Å². The molecule has 1 heteroatoms. The van der Waals surface area contributed by atoms with Crippen molar-refractivity contribution in [2.45, 2.75) is 38.7 Å². The van der Waals surface area contributed by atoms with E-state index in [-0.39, 0.29) is 0 Å². The second kappa shape index (κ2) is 4.51. The summed E-state index contributed by atoms with van der Waals surface area (Å²) in [6.45, 7) is 3.20. The van der Waals surface area contributed by atoms with E-state index in [1.807, 2.05) is 0 Å². The first-order chi connectivity index (χ1) is 4.93. The van der Waals surface area contributed by atoms with Gasteiger partial charge >= 0.3 is 0 Å². The van der Waals surface area contributed by atoms with Gasteiger partial charge in [-0.25, -0.2) is 0 Å². The molecule has 0 radical (unpaired) electrons. The molecule has 1 fully saturated rings. The molecule has 10 heavy (non-hydrogen) atoms. The number of allylic oxidation sites excluding steroid dienone is 2. The van der Waals surface area contributed by atoms with E-state index in [2.05, 4.69) is 19.1 Å². The van der Waals surface area contributed by atoms with Gasteiger partial charge in [-0.1, -0.05) is 25.5 Å². The van der Waals surface area contributed by atoms with Crippen molar-refractivity contribution in [1.29, 1.82) is 0 Å². The van der Waals surface area contributed by atoms with Crippen LogP contribution in [0.1, 0.15) is 32.6 Å². The summed E-state index contributed by atoms with van der Waals surface area (Å²) in [5, 5.41) is 0. The van der Waals surface area contributed by atoms with Gasteiger partial charge in [-0.15, -0.1) is 0 Å². The van der Waals surface area contributed by atoms with Crippen LogP contribution >= 0.6 is 0 Å². The van der Waals surface area contributed by atoms with Crippen LogP contribution < -0.4 is 0 Å². The molecule has 1 aliphatic rings. The van der Waals surface area contributed by atoms with E-state index in [1.165, 1.54) is 25.7 Å². The highest BCUT2D eigenvalue weighted by atomic mass is 16.6. The Labute approximate surface area is 63.1 Å². The Morgan fingerprint density at radius 2 is 2.10 bits per heavy atom. The minimum absolute atomic E-state index is 0.603. The van der Waals surface area contributed by atoms with Crippen molar-refractivity contribution in [3.63, 3.8) is 0 Å². The third kappa shape index (κ3) is 3.67. The summed E-state index contributed by atoms with van der Waals surface area (Å²) < 4.78 is 5.08. The van der Waals surface area contributed by atoms with Gasteiger partial charge in [0.15, 0.2) is 0 Å². The molecule has 0 spiro atoms. The Hall–Kier alpha value is -0.300. The first-order valence-electron chi connectivity index (χ1n) is 4.20. The van der Waals surface area contributed by atoms with Crippen LogP contribution in [0.4, 0.5) is 0 Å². The van der Waals surface area contributed by atoms with E-state index in [1.54, 1.807) is 0 Å². The van der Waals surface area contributed by atoms with E-state index < -0.39 is 0 Å². The van der Waals surface area contributed by atoms with Gasteiger partial charge in [0.1, 0.15) is 0 Å². The van der Waals surface area contributed by atoms with Crippen LogP contribution in [0, 0.1) is 0 Å². The molecule has 1 heterocycles. The number of hydrogen-bond acceptors (Lipinski definition) is 1. The molecule has 1 unspecified atom stereocenters. The SMILES string of the molecule is CCC/C=C/CCC1CO1. The molecule has 1 atom stereocenters. The van der Waals surface area contributed by atoms with Gasteiger partial charge in [0.2, 0.25) is 0 Å². The fourth-order valence-electron chi connectivity index (χ4n) is 0.919. The van der Waals surface area contributed by atoms with E-state index in [4.69, 9.17) is 4.74 Å². The van der Waals surface area contributed by atoms with Gasteiger partial charge in [0.25, 0.3) is 0 Å². The maximum Gasteiger partial charge on any atom is 0.0812 e. The van der Waals surface area contributed by atoms with Gasteiger partial charge in [-0.2, -0.15) is 0 Å². The average molecular weight is 140 g/mol. The smallest absolute Gasteiger partial charge is 0.0812 e. The molecule has 0 bridgehead atoms. The minimum atomic E-state index is 0.603. The average Bonchev–Trinajstić information content (AvgIpc) is 2.71. The molecule has 0 N–H and O–H groups in total. The zero-order chi connectivity index (χ0) is 7.23. The van der Waals surface area contributed by atoms with Crippen molar-refractivity contribution in [2.75, 3.05) is 6.61 Å². The molecule has 1 saturated heterocycles. The highest BCUT2D eigenvalue weighted by Gasteiger charge is 2.20. The topological polar surface area (TPSA) is 12.5 Å². The van der Waals surface area contributed by atoms with Gasteiger partial charge in [0, 0.05) is 0 Å². The van der Waals surface area contributed by atoms with E-state index in [0.717, 1.165) is 6.61 Å². The normalized spacial score (nSPS) is 23.9. The number of hydrogen-bond donors (Lipinski definition) is 0. The molecule has 0 aromatic rings. The third-order valence-corrected chi connectivity index (χ3v) is 1.68. The summed E-state index contributed by atoms with van der Waals surface area (Å²) >= 11 is 0. The number of unbranched alkanes of at least 4 members (excludes halogenated alkanes) is 1. The first kappa shape index (κ1) is 7.80. The van der Waals surface area contributed by atoms with Crippen molar-refractivity contribution in [3.05, 3.63) is 12.2 Å². The molecule has 1 aliphatic heterocycles. The highest BCUT2D eigenvalue weighted by Crippen LogP contribution is 2.15. The number of epoxide rings is 1. The molecule has 0 saturated carbocycles. The lowest BCUT2D eigenvalue weighted by atomic mass is 10.2. The summed E-state index contributed by atoms with van der Waals surface area (Å²) in [6, 6.07) is 0. The first-order valence-corrected chi connectivity index (χ1v) is 4.20. The van der Waals surface area contributed by atoms with Crippen LogP contribution in [0.15, 0.2) is 12.2 Å². The zero-order valence-electron chi connectivity index (χ0n) is 6.68. The quantitative estimate of drug-likeness (QED) is 0.422. The second-order valence-corrected chi connectivity index (χ2v) is 2.79. The maximum atomic E-state index is 5.08. The summed E-state index contributed by atoms with van der Waals surface area (Å²) in [5.41, 5.74) is 0. The Morgan fingerprint density at radius 1 is 1.40 bits per heavy atom. The second-order valence-electron chi connectivity index (χ2n) is 2.79. The number of ether oxygens (including phenoxy) is 1. The minimum Gasteiger partial charge on any atom is -0.373 e. The summed E-state index contributed by atoms with van der Waals surface area (Å²) in [5.74, 6) is 0. The van der Waals surface area contributed by atoms with Crippen molar-refractivity contribution < 1.29 is 4.74 Å². The van der Waals surface area contributed by atoms with Crippen LogP contribution in [0.5, 0.6) is 0 Å². The van der Waals surface area contributed by atoms with Gasteiger partial charge in [-0.05, 0) is 19.3 Å². The Balaban J connectivity index is 1.83. The summed E-state index contributed by atoms with van der Waals surface area (Å²) in [6.07, 6.45) is 10.0. The Morgan fingerprint density at radius 3 is 2.70 bits per heavy atom. The predicted molar refractivity (Wildman–Crippen MR) is 43.0 cm³/mol. The van der Waals surface area contributed by atoms with Crippen LogP contribution in [0.3, 0.4) is 0 Å². The lowest BCUT2D eigenvalue weighted by Gasteiger charge is -1.87. The zero-order valence-corrected chi connectivity index (χ0v) is 6.68. The molecule has 58 valence electrons. The molecule has 0 aromatic carbocycles. The van der Waals surface area contributed by atoms with Gasteiger partial charge < -0.3 is 4.74 Å². The van der Waals surface area contributed by atoms with Gasteiger partial charge in [0.05, 0.1) is 12.7 Å². The van der Waals surface area contributed by atoms with Crippen molar-refractivity contribution >= 4 is 0 Å². The van der Waals surface area contributed by atoms with Crippen LogP contribution in [-0.4, -0.2) is 12.7 Å². The molecule has 0 aliphatic carbocycles. The fraction of sp³-hybridized carbons (Fsp3) is 0.778. The summed E-state index contributed by atoms with van der Waals surface area (Å²) in [4.78, 5) is 0. The van der Waals surface area contributed by atoms with E-state index in [9.17, 15) is 0 Å². The lowest BCUT2D eigenvalue weighted by molar-refractivity contribution is 0.398. The Bertz CT molecular complexity index is 103. The maximum absolute atomic E-state index is 5.08. The van der Waals surface area contributed by atoms with Crippen molar-refractivity contribution in [1.82, 2.24) is 0 Å². The standard InChI is InChI=1S/C9H16O/c1-2-3-4-5-6-7-9-8-10-9/h4-5,9H,2-3,6-8H2,1H3/b5-4+. The van der Waals surface area contributed by atoms with Crippen LogP contribution in [-0.2, 0) is 4.74 Å². The summed E-state index contributed by atoms with van der Waals surface area (Å²) in [7, 11) is 0. The van der Waals surface area contributed by atoms with Crippen molar-refractivity contribution in [3.8, 4) is 0 Å². The molecule has 0 amide bonds. The Kier molecular flexibility index (Phi) is 3.52. The lowest BCUT2D eigenvalue weighted by Crippen LogP contribution is -1.80. The monoisotopic (exact) mass is 140 g/mol. The van der Waals surface area contributed by atoms with Crippen LogP contribution in [0.25, 0.3) is 0 Å². The van der Waals surface area contributed by atoms with Crippen molar-refractivity contribution in [2.24, 2.45) is 0 Å². The fourth-order valence-corrected chi connectivity index (χ4v) is 0.919. The predicted octanol–water partition coefficient (Wildman–Crippen LogP) is 2.52. The third-order valence-electron chi connectivity index (χ3n) is 1.68. The molecule has 1 nitrogen and oxygen atoms in total. The van der Waals surface area contributed by atoms with Gasteiger partial charge in [-0.3, -0.25) is 0 Å². The molecular weight excluding hydrogens is 124 g/mol. The molecular formula is C9H16O. The largest absolute Gasteiger partial charge is 0.373 e. The van der Waals surface area contributed by atoms with E-state index >= 15 is 0 Å². The molecule has 1 rings (SSSR count). The molecule has 0 aromatic heterocycles. The number of rotatable bonds is 5. The highest BCUT2D eigenvalue weighted by molar-refractivity contribution is 4.83. The van der Waals surface area contributed by atoms with Crippen LogP contribution in [0.2, 0.25) is 0 Å².